The van der Waals surface area contributed by atoms with Crippen molar-refractivity contribution in [2.45, 2.75) is 34.6 Å². The van der Waals surface area contributed by atoms with Crippen molar-refractivity contribution in [1.29, 1.82) is 0 Å². The van der Waals surface area contributed by atoms with Gasteiger partial charge in [-0.1, -0.05) is 19.9 Å². The van der Waals surface area contributed by atoms with Crippen LogP contribution < -0.4 is 10.6 Å². The Morgan fingerprint density at radius 2 is 2.11 bits per heavy atom. The molecule has 0 atom stereocenters. The van der Waals surface area contributed by atoms with E-state index in [1.54, 1.807) is 18.0 Å². The van der Waals surface area contributed by atoms with Crippen LogP contribution in [0.4, 0.5) is 0 Å². The average Bonchev–Trinajstić information content (AvgIpc) is 2.61. The highest BCUT2D eigenvalue weighted by molar-refractivity contribution is 6.03. The average molecular weight is 249 g/mol. The second-order valence-corrected chi connectivity index (χ2v) is 4.66. The van der Waals surface area contributed by atoms with Gasteiger partial charge in [-0.3, -0.25) is 9.67 Å². The molecule has 0 fully saturated rings. The number of nitrogen functional groups attached to an aromatic ring is 1. The summed E-state index contributed by atoms with van der Waals surface area (Å²) in [7, 11) is 1.65. The Balaban J connectivity index is 3.40. The highest BCUT2D eigenvalue weighted by Gasteiger charge is 2.19. The van der Waals surface area contributed by atoms with Crippen molar-refractivity contribution >= 4 is 5.71 Å². The highest BCUT2D eigenvalue weighted by Crippen LogP contribution is 2.25. The van der Waals surface area contributed by atoms with Gasteiger partial charge in [0.25, 0.3) is 0 Å². The van der Waals surface area contributed by atoms with E-state index in [4.69, 9.17) is 10.6 Å². The molecule has 0 aliphatic heterocycles. The van der Waals surface area contributed by atoms with Gasteiger partial charge in [0.15, 0.2) is 0 Å². The molecule has 0 spiro atoms. The summed E-state index contributed by atoms with van der Waals surface area (Å²) in [4.78, 5) is 4.66. The lowest BCUT2D eigenvalue weighted by molar-refractivity contribution is 0.412. The standard InChI is InChI=1S/C14H23N3O/c1-7-10(4)16-13(9(2)3)14-11(5)12(18-6)8-17(14)15/h7-9H,15H2,1-6H3/b10-7-,16-13-. The van der Waals surface area contributed by atoms with E-state index in [0.29, 0.717) is 5.92 Å². The molecule has 0 saturated heterocycles. The molecule has 100 valence electrons. The third kappa shape index (κ3) is 2.75. The second-order valence-electron chi connectivity index (χ2n) is 4.66. The first-order valence-electron chi connectivity index (χ1n) is 6.15. The summed E-state index contributed by atoms with van der Waals surface area (Å²) in [6.07, 6.45) is 3.77. The van der Waals surface area contributed by atoms with Gasteiger partial charge in [-0.2, -0.15) is 0 Å². The van der Waals surface area contributed by atoms with Crippen molar-refractivity contribution in [2.24, 2.45) is 10.9 Å². The van der Waals surface area contributed by atoms with Gasteiger partial charge in [-0.25, -0.2) is 0 Å². The maximum atomic E-state index is 6.01. The van der Waals surface area contributed by atoms with Crippen LogP contribution in [0.5, 0.6) is 5.75 Å². The molecule has 0 bridgehead atoms. The van der Waals surface area contributed by atoms with Crippen LogP contribution in [0, 0.1) is 12.8 Å². The van der Waals surface area contributed by atoms with Gasteiger partial charge in [0, 0.05) is 11.3 Å². The molecule has 1 aromatic rings. The largest absolute Gasteiger partial charge is 0.495 e. The third-order valence-electron chi connectivity index (χ3n) is 2.96. The van der Waals surface area contributed by atoms with Crippen molar-refractivity contribution in [3.05, 3.63) is 29.2 Å². The number of aliphatic imine (C=N–C) groups is 1. The van der Waals surface area contributed by atoms with Crippen molar-refractivity contribution in [3.63, 3.8) is 0 Å². The van der Waals surface area contributed by atoms with E-state index in [0.717, 1.165) is 28.4 Å². The minimum absolute atomic E-state index is 0.292. The van der Waals surface area contributed by atoms with Crippen molar-refractivity contribution in [1.82, 2.24) is 4.68 Å². The fraction of sp³-hybridized carbons (Fsp3) is 0.500. The Labute approximate surface area is 109 Å². The SMILES string of the molecule is C/C=C(C)\N=C(/c1c(C)c(OC)cn1N)C(C)C. The molecule has 0 amide bonds. The number of aromatic nitrogens is 1. The predicted octanol–water partition coefficient (Wildman–Crippen LogP) is 2.89. The molecule has 4 heteroatoms. The number of nitrogens with zero attached hydrogens (tertiary/aromatic N) is 2. The molecular weight excluding hydrogens is 226 g/mol. The number of hydrogen-bond donors (Lipinski definition) is 1. The molecule has 2 N–H and O–H groups in total. The van der Waals surface area contributed by atoms with Crippen LogP contribution in [0.1, 0.15) is 39.0 Å². The van der Waals surface area contributed by atoms with Gasteiger partial charge in [-0.15, -0.1) is 0 Å². The number of rotatable bonds is 4. The molecule has 1 aromatic heterocycles. The number of allylic oxidation sites excluding steroid dienone is 2. The van der Waals surface area contributed by atoms with Gasteiger partial charge in [0.1, 0.15) is 5.75 Å². The fourth-order valence-corrected chi connectivity index (χ4v) is 1.84. The zero-order valence-corrected chi connectivity index (χ0v) is 12.1. The van der Waals surface area contributed by atoms with Crippen LogP contribution in [-0.2, 0) is 0 Å². The molecule has 0 saturated carbocycles. The minimum atomic E-state index is 0.292. The van der Waals surface area contributed by atoms with Crippen molar-refractivity contribution < 1.29 is 4.74 Å². The van der Waals surface area contributed by atoms with Gasteiger partial charge >= 0.3 is 0 Å². The second kappa shape index (κ2) is 5.76. The molecule has 0 aliphatic rings. The molecule has 18 heavy (non-hydrogen) atoms. The molecule has 1 heterocycles. The highest BCUT2D eigenvalue weighted by atomic mass is 16.5. The number of methoxy groups -OCH3 is 1. The van der Waals surface area contributed by atoms with E-state index >= 15 is 0 Å². The zero-order chi connectivity index (χ0) is 13.9. The lowest BCUT2D eigenvalue weighted by atomic mass is 10.0. The molecule has 0 aromatic carbocycles. The Morgan fingerprint density at radius 3 is 2.50 bits per heavy atom. The summed E-state index contributed by atoms with van der Waals surface area (Å²) < 4.78 is 6.89. The van der Waals surface area contributed by atoms with Gasteiger partial charge in [0.05, 0.1) is 24.7 Å². The van der Waals surface area contributed by atoms with Gasteiger partial charge in [-0.05, 0) is 26.7 Å². The maximum absolute atomic E-state index is 6.01. The summed E-state index contributed by atoms with van der Waals surface area (Å²) in [5.74, 6) is 7.09. The molecule has 0 aliphatic carbocycles. The lowest BCUT2D eigenvalue weighted by Gasteiger charge is -2.13. The Morgan fingerprint density at radius 1 is 1.50 bits per heavy atom. The Bertz CT molecular complexity index is 481. The topological polar surface area (TPSA) is 52.5 Å². The summed E-state index contributed by atoms with van der Waals surface area (Å²) in [6.45, 7) is 10.2. The van der Waals surface area contributed by atoms with E-state index in [-0.39, 0.29) is 0 Å². The normalized spacial score (nSPS) is 13.3. The molecule has 0 unspecified atom stereocenters. The monoisotopic (exact) mass is 249 g/mol. The van der Waals surface area contributed by atoms with E-state index in [2.05, 4.69) is 18.8 Å². The summed E-state index contributed by atoms with van der Waals surface area (Å²) in [5.41, 5.74) is 3.92. The zero-order valence-electron chi connectivity index (χ0n) is 12.1. The molecule has 4 nitrogen and oxygen atoms in total. The first-order chi connectivity index (χ1) is 8.42. The van der Waals surface area contributed by atoms with Crippen molar-refractivity contribution in [2.75, 3.05) is 13.0 Å². The minimum Gasteiger partial charge on any atom is -0.495 e. The molecule has 0 radical (unpaired) electrons. The first kappa shape index (κ1) is 14.4. The van der Waals surface area contributed by atoms with Gasteiger partial charge < -0.3 is 10.6 Å². The van der Waals surface area contributed by atoms with Crippen LogP contribution in [0.15, 0.2) is 23.0 Å². The fourth-order valence-electron chi connectivity index (χ4n) is 1.84. The van der Waals surface area contributed by atoms with E-state index in [9.17, 15) is 0 Å². The van der Waals surface area contributed by atoms with E-state index in [1.165, 1.54) is 0 Å². The van der Waals surface area contributed by atoms with Crippen molar-refractivity contribution in [3.8, 4) is 5.75 Å². The van der Waals surface area contributed by atoms with Crippen LogP contribution in [0.3, 0.4) is 0 Å². The number of ether oxygens (including phenoxy) is 1. The smallest absolute Gasteiger partial charge is 0.142 e. The Hall–Kier alpha value is -1.71. The number of hydrogen-bond acceptors (Lipinski definition) is 3. The Kier molecular flexibility index (Phi) is 4.59. The number of nitrogens with two attached hydrogens (primary N) is 1. The maximum Gasteiger partial charge on any atom is 0.142 e. The predicted molar refractivity (Wildman–Crippen MR) is 76.7 cm³/mol. The summed E-state index contributed by atoms with van der Waals surface area (Å²) in [5, 5.41) is 0. The van der Waals surface area contributed by atoms with Crippen LogP contribution >= 0.6 is 0 Å². The van der Waals surface area contributed by atoms with Crippen LogP contribution in [0.25, 0.3) is 0 Å². The van der Waals surface area contributed by atoms with E-state index < -0.39 is 0 Å². The lowest BCUT2D eigenvalue weighted by Crippen LogP contribution is -2.20. The third-order valence-corrected chi connectivity index (χ3v) is 2.96. The molecule has 1 rings (SSSR count). The quantitative estimate of drug-likeness (QED) is 0.659. The van der Waals surface area contributed by atoms with Gasteiger partial charge in [0.2, 0.25) is 0 Å². The molecular formula is C14H23N3O. The van der Waals surface area contributed by atoms with E-state index in [1.807, 2.05) is 26.8 Å². The summed E-state index contributed by atoms with van der Waals surface area (Å²) >= 11 is 0. The van der Waals surface area contributed by atoms with Crippen LogP contribution in [-0.4, -0.2) is 17.5 Å². The van der Waals surface area contributed by atoms with Crippen LogP contribution in [0.2, 0.25) is 0 Å². The first-order valence-corrected chi connectivity index (χ1v) is 6.15. The summed E-state index contributed by atoms with van der Waals surface area (Å²) in [6, 6.07) is 0.